The Morgan fingerprint density at radius 3 is 2.50 bits per heavy atom. The first-order chi connectivity index (χ1) is 8.77. The molecule has 18 heavy (non-hydrogen) atoms. The van der Waals surface area contributed by atoms with Gasteiger partial charge in [-0.3, -0.25) is 4.98 Å². The summed E-state index contributed by atoms with van der Waals surface area (Å²) in [5, 5.41) is 0.369. The molecule has 0 atom stereocenters. The molecule has 0 radical (unpaired) electrons. The first-order valence-electron chi connectivity index (χ1n) is 5.33. The third-order valence-corrected chi connectivity index (χ3v) is 2.65. The van der Waals surface area contributed by atoms with Crippen molar-refractivity contribution < 1.29 is 4.42 Å². The molecule has 3 aromatic rings. The minimum atomic E-state index is -0.704. The number of hydrogen-bond donors (Lipinski definition) is 0. The second-order valence-electron chi connectivity index (χ2n) is 3.71. The molecule has 0 aliphatic carbocycles. The molecule has 88 valence electrons. The van der Waals surface area contributed by atoms with Crippen LogP contribution in [0.15, 0.2) is 62.8 Å². The summed E-state index contributed by atoms with van der Waals surface area (Å²) in [6.07, 6.45) is 3.14. The quantitative estimate of drug-likeness (QED) is 0.643. The van der Waals surface area contributed by atoms with Crippen LogP contribution >= 0.6 is 0 Å². The second-order valence-corrected chi connectivity index (χ2v) is 3.71. The number of para-hydroxylation sites is 1. The Hall–Kier alpha value is -2.69. The maximum Gasteiger partial charge on any atom is 0.426 e. The van der Waals surface area contributed by atoms with E-state index in [0.29, 0.717) is 16.6 Å². The van der Waals surface area contributed by atoms with Crippen molar-refractivity contribution in [1.29, 1.82) is 0 Å². The van der Waals surface area contributed by atoms with Crippen molar-refractivity contribution in [3.05, 3.63) is 69.8 Å². The second kappa shape index (κ2) is 3.96. The van der Waals surface area contributed by atoms with Gasteiger partial charge in [0.05, 0.1) is 16.6 Å². The fourth-order valence-corrected chi connectivity index (χ4v) is 1.86. The van der Waals surface area contributed by atoms with Gasteiger partial charge in [-0.2, -0.15) is 0 Å². The number of nitrogens with zero attached hydrogens (tertiary/aromatic N) is 2. The van der Waals surface area contributed by atoms with E-state index >= 15 is 0 Å². The summed E-state index contributed by atoms with van der Waals surface area (Å²) >= 11 is 0. The van der Waals surface area contributed by atoms with Crippen LogP contribution in [0.1, 0.15) is 0 Å². The zero-order valence-electron chi connectivity index (χ0n) is 9.24. The zero-order chi connectivity index (χ0) is 12.5. The van der Waals surface area contributed by atoms with E-state index in [-0.39, 0.29) is 0 Å². The van der Waals surface area contributed by atoms with Gasteiger partial charge in [0.2, 0.25) is 0 Å². The van der Waals surface area contributed by atoms with Gasteiger partial charge in [0.25, 0.3) is 0 Å². The fourth-order valence-electron chi connectivity index (χ4n) is 1.86. The van der Waals surface area contributed by atoms with Crippen LogP contribution in [-0.4, -0.2) is 9.55 Å². The average Bonchev–Trinajstić information content (AvgIpc) is 2.40. The molecule has 0 unspecified atom stereocenters. The highest BCUT2D eigenvalue weighted by Gasteiger charge is 2.09. The fraction of sp³-hybridized carbons (Fsp3) is 0. The maximum atomic E-state index is 11.8. The van der Waals surface area contributed by atoms with Crippen molar-refractivity contribution in [3.8, 4) is 5.69 Å². The molecule has 0 saturated carbocycles. The molecule has 2 heterocycles. The van der Waals surface area contributed by atoms with Gasteiger partial charge in [-0.15, -0.1) is 0 Å². The van der Waals surface area contributed by atoms with Crippen molar-refractivity contribution in [1.82, 2.24) is 9.55 Å². The van der Waals surface area contributed by atoms with Crippen LogP contribution < -0.4 is 11.4 Å². The number of hydrogen-bond acceptors (Lipinski definition) is 4. The van der Waals surface area contributed by atoms with Gasteiger partial charge in [0, 0.05) is 12.4 Å². The molecule has 0 aliphatic rings. The van der Waals surface area contributed by atoms with E-state index in [4.69, 9.17) is 4.42 Å². The predicted octanol–water partition coefficient (Wildman–Crippen LogP) is 1.34. The topological polar surface area (TPSA) is 65.1 Å². The van der Waals surface area contributed by atoms with Crippen LogP contribution in [0.4, 0.5) is 0 Å². The molecule has 0 bridgehead atoms. The molecular formula is C13H8N2O3. The number of aromatic nitrogens is 2. The summed E-state index contributed by atoms with van der Waals surface area (Å²) in [4.78, 5) is 27.3. The normalized spacial score (nSPS) is 10.7. The van der Waals surface area contributed by atoms with Crippen molar-refractivity contribution in [2.24, 2.45) is 0 Å². The van der Waals surface area contributed by atoms with Crippen molar-refractivity contribution >= 4 is 10.9 Å². The van der Waals surface area contributed by atoms with Gasteiger partial charge in [0.1, 0.15) is 0 Å². The molecule has 0 aliphatic heterocycles. The molecule has 1 aromatic carbocycles. The van der Waals surface area contributed by atoms with Gasteiger partial charge >= 0.3 is 11.4 Å². The predicted molar refractivity (Wildman–Crippen MR) is 65.9 cm³/mol. The Morgan fingerprint density at radius 2 is 1.72 bits per heavy atom. The van der Waals surface area contributed by atoms with Crippen molar-refractivity contribution in [2.45, 2.75) is 0 Å². The van der Waals surface area contributed by atoms with Crippen LogP contribution in [0, 0.1) is 0 Å². The summed E-state index contributed by atoms with van der Waals surface area (Å²) in [5.74, 6) is -0.704. The van der Waals surface area contributed by atoms with E-state index in [2.05, 4.69) is 4.98 Å². The Labute approximate surface area is 101 Å². The monoisotopic (exact) mass is 240 g/mol. The third-order valence-electron chi connectivity index (χ3n) is 2.65. The van der Waals surface area contributed by atoms with E-state index in [9.17, 15) is 9.59 Å². The average molecular weight is 240 g/mol. The number of pyridine rings is 1. The highest BCUT2D eigenvalue weighted by Crippen LogP contribution is 2.12. The first kappa shape index (κ1) is 10.5. The highest BCUT2D eigenvalue weighted by atomic mass is 16.4. The maximum absolute atomic E-state index is 11.8. The Balaban J connectivity index is 2.50. The molecule has 3 rings (SSSR count). The van der Waals surface area contributed by atoms with Gasteiger partial charge < -0.3 is 4.42 Å². The van der Waals surface area contributed by atoms with E-state index < -0.39 is 11.4 Å². The van der Waals surface area contributed by atoms with Crippen LogP contribution in [0.2, 0.25) is 0 Å². The van der Waals surface area contributed by atoms with Gasteiger partial charge in [-0.05, 0) is 24.3 Å². The smallest absolute Gasteiger partial charge is 0.372 e. The van der Waals surface area contributed by atoms with Gasteiger partial charge in [0.15, 0.2) is 0 Å². The Bertz CT molecular complexity index is 819. The van der Waals surface area contributed by atoms with E-state index in [0.717, 1.165) is 0 Å². The lowest BCUT2D eigenvalue weighted by Gasteiger charge is -2.07. The summed E-state index contributed by atoms with van der Waals surface area (Å²) < 4.78 is 6.05. The van der Waals surface area contributed by atoms with E-state index in [1.807, 2.05) is 0 Å². The van der Waals surface area contributed by atoms with Gasteiger partial charge in [-0.1, -0.05) is 12.1 Å². The molecule has 5 heteroatoms. The Kier molecular flexibility index (Phi) is 2.30. The number of fused-ring (bicyclic) bond motifs is 1. The van der Waals surface area contributed by atoms with Crippen LogP contribution in [0.5, 0.6) is 0 Å². The molecular weight excluding hydrogens is 232 g/mol. The van der Waals surface area contributed by atoms with Crippen LogP contribution in [-0.2, 0) is 0 Å². The summed E-state index contributed by atoms with van der Waals surface area (Å²) in [6, 6.07) is 10.2. The number of rotatable bonds is 1. The molecule has 0 N–H and O–H groups in total. The van der Waals surface area contributed by atoms with Crippen LogP contribution in [0.25, 0.3) is 16.6 Å². The molecule has 0 amide bonds. The molecule has 2 aromatic heterocycles. The van der Waals surface area contributed by atoms with Gasteiger partial charge in [-0.25, -0.2) is 14.2 Å². The van der Waals surface area contributed by atoms with E-state index in [1.54, 1.807) is 48.8 Å². The summed E-state index contributed by atoms with van der Waals surface area (Å²) in [5.41, 5.74) is 0.501. The highest BCUT2D eigenvalue weighted by molar-refractivity contribution is 5.78. The number of benzene rings is 1. The largest absolute Gasteiger partial charge is 0.426 e. The third kappa shape index (κ3) is 1.53. The Morgan fingerprint density at radius 1 is 1.00 bits per heavy atom. The first-order valence-corrected chi connectivity index (χ1v) is 5.33. The lowest BCUT2D eigenvalue weighted by atomic mass is 10.2. The zero-order valence-corrected chi connectivity index (χ0v) is 9.24. The lowest BCUT2D eigenvalue weighted by molar-refractivity contribution is 0.444. The molecule has 0 saturated heterocycles. The molecule has 0 spiro atoms. The van der Waals surface area contributed by atoms with Crippen LogP contribution in [0.3, 0.4) is 0 Å². The van der Waals surface area contributed by atoms with Crippen molar-refractivity contribution in [3.63, 3.8) is 0 Å². The molecule has 5 nitrogen and oxygen atoms in total. The standard InChI is InChI=1S/C13H8N2O3/c16-12-10-3-1-2-4-11(10)15(13(17)18-12)9-5-7-14-8-6-9/h1-8H. The van der Waals surface area contributed by atoms with E-state index in [1.165, 1.54) is 4.57 Å². The summed E-state index contributed by atoms with van der Waals surface area (Å²) in [6.45, 7) is 0. The minimum Gasteiger partial charge on any atom is -0.372 e. The SMILES string of the molecule is O=c1oc(=O)n(-c2ccncc2)c2ccccc12. The van der Waals surface area contributed by atoms with Crippen molar-refractivity contribution in [2.75, 3.05) is 0 Å². The minimum absolute atomic E-state index is 0.369. The molecule has 0 fully saturated rings. The lowest BCUT2D eigenvalue weighted by Crippen LogP contribution is -2.23. The summed E-state index contributed by atoms with van der Waals surface area (Å²) in [7, 11) is 0.